The number of benzene rings is 1. The molecule has 0 fully saturated rings. The lowest BCUT2D eigenvalue weighted by Crippen LogP contribution is -2.24. The minimum Gasteiger partial charge on any atom is -0.334 e. The van der Waals surface area contributed by atoms with E-state index in [1.165, 1.54) is 11.1 Å². The Morgan fingerprint density at radius 1 is 1.32 bits per heavy atom. The Labute approximate surface area is 151 Å². The number of aromatic nitrogens is 3. The van der Waals surface area contributed by atoms with Gasteiger partial charge in [0, 0.05) is 29.6 Å². The van der Waals surface area contributed by atoms with Gasteiger partial charge in [0.2, 0.25) is 5.82 Å². The Morgan fingerprint density at radius 3 is 3.04 bits per heavy atom. The number of pyridine rings is 1. The van der Waals surface area contributed by atoms with E-state index in [0.29, 0.717) is 17.3 Å². The van der Waals surface area contributed by atoms with Crippen molar-refractivity contribution in [3.63, 3.8) is 0 Å². The first kappa shape index (κ1) is 17.1. The molecule has 0 atom stereocenters. The van der Waals surface area contributed by atoms with Crippen LogP contribution in [0.3, 0.4) is 0 Å². The highest BCUT2D eigenvalue weighted by Gasteiger charge is 2.21. The number of halogens is 1. The van der Waals surface area contributed by atoms with Crippen LogP contribution in [0.2, 0.25) is 0 Å². The molecule has 0 saturated heterocycles. The molecular formula is C18H16ClN5O. The fourth-order valence-corrected chi connectivity index (χ4v) is 3.03. The molecule has 7 heteroatoms. The summed E-state index contributed by atoms with van der Waals surface area (Å²) in [5.41, 5.74) is 5.58. The first-order valence-corrected chi connectivity index (χ1v) is 7.79. The third-order valence-corrected chi connectivity index (χ3v) is 4.22. The van der Waals surface area contributed by atoms with E-state index in [1.807, 2.05) is 19.2 Å². The van der Waals surface area contributed by atoms with Crippen LogP contribution in [-0.2, 0) is 13.0 Å². The fourth-order valence-electron chi connectivity index (χ4n) is 3.03. The van der Waals surface area contributed by atoms with Crippen molar-refractivity contribution in [3.05, 3.63) is 52.8 Å². The van der Waals surface area contributed by atoms with Gasteiger partial charge in [-0.2, -0.15) is 10.2 Å². The van der Waals surface area contributed by atoms with Gasteiger partial charge in [0.25, 0.3) is 5.89 Å². The summed E-state index contributed by atoms with van der Waals surface area (Å²) < 4.78 is 5.44. The smallest absolute Gasteiger partial charge is 0.258 e. The lowest BCUT2D eigenvalue weighted by molar-refractivity contribution is 0.432. The number of hydrogen-bond acceptors (Lipinski definition) is 6. The molecule has 2 aromatic heterocycles. The number of aryl methyl sites for hydroxylation is 1. The van der Waals surface area contributed by atoms with Crippen molar-refractivity contribution < 1.29 is 4.52 Å². The molecule has 0 bridgehead atoms. The van der Waals surface area contributed by atoms with Crippen molar-refractivity contribution >= 4 is 12.4 Å². The van der Waals surface area contributed by atoms with Gasteiger partial charge in [-0.1, -0.05) is 11.2 Å². The number of rotatable bonds is 2. The Balaban J connectivity index is 0.00000182. The second kappa shape index (κ2) is 7.01. The third kappa shape index (κ3) is 3.12. The van der Waals surface area contributed by atoms with Crippen molar-refractivity contribution in [2.45, 2.75) is 19.9 Å². The van der Waals surface area contributed by atoms with Crippen LogP contribution < -0.4 is 5.32 Å². The van der Waals surface area contributed by atoms with Crippen molar-refractivity contribution in [1.82, 2.24) is 20.4 Å². The van der Waals surface area contributed by atoms with E-state index < -0.39 is 0 Å². The molecule has 0 spiro atoms. The van der Waals surface area contributed by atoms with Gasteiger partial charge in [0.05, 0.1) is 11.6 Å². The third-order valence-electron chi connectivity index (χ3n) is 4.22. The monoisotopic (exact) mass is 353 g/mol. The van der Waals surface area contributed by atoms with Gasteiger partial charge in [-0.3, -0.25) is 4.98 Å². The van der Waals surface area contributed by atoms with Crippen LogP contribution in [0.1, 0.15) is 22.4 Å². The van der Waals surface area contributed by atoms with E-state index in [9.17, 15) is 0 Å². The molecule has 3 aromatic rings. The van der Waals surface area contributed by atoms with Crippen molar-refractivity contribution in [2.75, 3.05) is 6.54 Å². The zero-order valence-corrected chi connectivity index (χ0v) is 14.4. The van der Waals surface area contributed by atoms with Gasteiger partial charge in [-0.05, 0) is 49.2 Å². The summed E-state index contributed by atoms with van der Waals surface area (Å²) in [6, 6.07) is 9.27. The summed E-state index contributed by atoms with van der Waals surface area (Å²) in [4.78, 5) is 9.02. The molecule has 1 aliphatic heterocycles. The van der Waals surface area contributed by atoms with Gasteiger partial charge in [-0.25, -0.2) is 0 Å². The number of nitrogens with one attached hydrogen (secondary N) is 1. The average molecular weight is 354 g/mol. The largest absolute Gasteiger partial charge is 0.334 e. The second-order valence-electron chi connectivity index (χ2n) is 5.76. The SMILES string of the molecule is Cc1ncc2c(c1-c1noc(-c3cccc(C#N)c3)n1)CCNC2.Cl. The minimum atomic E-state index is 0. The van der Waals surface area contributed by atoms with E-state index in [-0.39, 0.29) is 12.4 Å². The van der Waals surface area contributed by atoms with Crippen LogP contribution in [0.25, 0.3) is 22.8 Å². The van der Waals surface area contributed by atoms with E-state index in [4.69, 9.17) is 9.78 Å². The molecule has 1 N–H and O–H groups in total. The first-order valence-electron chi connectivity index (χ1n) is 7.79. The molecule has 6 nitrogen and oxygen atoms in total. The summed E-state index contributed by atoms with van der Waals surface area (Å²) >= 11 is 0. The number of nitriles is 1. The Bertz CT molecular complexity index is 960. The van der Waals surface area contributed by atoms with E-state index in [2.05, 4.69) is 26.5 Å². The molecule has 1 aromatic carbocycles. The van der Waals surface area contributed by atoms with Crippen molar-refractivity contribution in [3.8, 4) is 28.9 Å². The van der Waals surface area contributed by atoms with Gasteiger partial charge in [0.15, 0.2) is 0 Å². The Hall–Kier alpha value is -2.75. The molecular weight excluding hydrogens is 338 g/mol. The molecule has 126 valence electrons. The molecule has 0 aliphatic carbocycles. The molecule has 1 aliphatic rings. The Kier molecular flexibility index (Phi) is 4.79. The molecule has 3 heterocycles. The quantitative estimate of drug-likeness (QED) is 0.761. The molecule has 4 rings (SSSR count). The molecule has 0 saturated carbocycles. The summed E-state index contributed by atoms with van der Waals surface area (Å²) in [5, 5.41) is 16.5. The maximum atomic E-state index is 9.03. The second-order valence-corrected chi connectivity index (χ2v) is 5.76. The van der Waals surface area contributed by atoms with E-state index in [1.54, 1.807) is 18.2 Å². The topological polar surface area (TPSA) is 87.6 Å². The van der Waals surface area contributed by atoms with Crippen LogP contribution in [0.15, 0.2) is 35.0 Å². The maximum Gasteiger partial charge on any atom is 0.258 e. The lowest BCUT2D eigenvalue weighted by atomic mass is 9.95. The highest BCUT2D eigenvalue weighted by molar-refractivity contribution is 5.85. The summed E-state index contributed by atoms with van der Waals surface area (Å²) in [6.07, 6.45) is 2.83. The lowest BCUT2D eigenvalue weighted by Gasteiger charge is -2.19. The summed E-state index contributed by atoms with van der Waals surface area (Å²) in [6.45, 7) is 3.70. The zero-order valence-electron chi connectivity index (χ0n) is 13.6. The highest BCUT2D eigenvalue weighted by Crippen LogP contribution is 2.30. The van der Waals surface area contributed by atoms with Crippen LogP contribution in [0.4, 0.5) is 0 Å². The predicted octanol–water partition coefficient (Wildman–Crippen LogP) is 3.05. The van der Waals surface area contributed by atoms with Gasteiger partial charge >= 0.3 is 0 Å². The van der Waals surface area contributed by atoms with Crippen molar-refractivity contribution in [1.29, 1.82) is 5.26 Å². The van der Waals surface area contributed by atoms with Gasteiger partial charge in [-0.15, -0.1) is 12.4 Å². The maximum absolute atomic E-state index is 9.03. The zero-order chi connectivity index (χ0) is 16.5. The highest BCUT2D eigenvalue weighted by atomic mass is 35.5. The minimum absolute atomic E-state index is 0. The number of fused-ring (bicyclic) bond motifs is 1. The normalized spacial score (nSPS) is 12.8. The summed E-state index contributed by atoms with van der Waals surface area (Å²) in [5.74, 6) is 0.962. The first-order chi connectivity index (χ1) is 11.8. The Morgan fingerprint density at radius 2 is 2.20 bits per heavy atom. The molecule has 0 radical (unpaired) electrons. The summed E-state index contributed by atoms with van der Waals surface area (Å²) in [7, 11) is 0. The number of nitrogens with zero attached hydrogens (tertiary/aromatic N) is 4. The number of hydrogen-bond donors (Lipinski definition) is 1. The van der Waals surface area contributed by atoms with E-state index in [0.717, 1.165) is 36.3 Å². The van der Waals surface area contributed by atoms with E-state index >= 15 is 0 Å². The van der Waals surface area contributed by atoms with Crippen molar-refractivity contribution in [2.24, 2.45) is 0 Å². The molecule has 0 amide bonds. The van der Waals surface area contributed by atoms with Crippen LogP contribution in [0, 0.1) is 18.3 Å². The standard InChI is InChI=1S/C18H15N5O.ClH/c1-11-16(15-5-6-20-9-14(15)10-21-11)17-22-18(24-23-17)13-4-2-3-12(7-13)8-19;/h2-4,7,10,20H,5-6,9H2,1H3;1H. The van der Waals surface area contributed by atoms with Gasteiger partial charge in [0.1, 0.15) is 0 Å². The molecule has 0 unspecified atom stereocenters. The average Bonchev–Trinajstić information content (AvgIpc) is 3.11. The van der Waals surface area contributed by atoms with Gasteiger partial charge < -0.3 is 9.84 Å². The van der Waals surface area contributed by atoms with Crippen LogP contribution >= 0.6 is 12.4 Å². The van der Waals surface area contributed by atoms with Crippen LogP contribution in [-0.4, -0.2) is 21.7 Å². The van der Waals surface area contributed by atoms with Crippen LogP contribution in [0.5, 0.6) is 0 Å². The molecule has 25 heavy (non-hydrogen) atoms. The predicted molar refractivity (Wildman–Crippen MR) is 95.1 cm³/mol. The fraction of sp³-hybridized carbons (Fsp3) is 0.222.